The SMILES string of the molecule is C=C(N1CCN(C)CC1)N(Cc1ccc(C2=NN=C(C(F)F)C2)cc1F)c1ccc(C)cc1. The highest BCUT2D eigenvalue weighted by Crippen LogP contribution is 2.26. The molecule has 0 amide bonds. The van der Waals surface area contributed by atoms with Gasteiger partial charge in [0.2, 0.25) is 0 Å². The molecular weight excluding hydrogens is 427 g/mol. The van der Waals surface area contributed by atoms with Crippen molar-refractivity contribution < 1.29 is 13.2 Å². The molecule has 0 N–H and O–H groups in total. The second-order valence-corrected chi connectivity index (χ2v) is 8.55. The molecule has 0 radical (unpaired) electrons. The molecule has 0 bridgehead atoms. The van der Waals surface area contributed by atoms with Gasteiger partial charge in [-0.1, -0.05) is 36.4 Å². The number of piperazine rings is 1. The van der Waals surface area contributed by atoms with Gasteiger partial charge in [0, 0.05) is 49.4 Å². The number of alkyl halides is 2. The number of nitrogens with zero attached hydrogens (tertiary/aromatic N) is 5. The van der Waals surface area contributed by atoms with Crippen LogP contribution in [0, 0.1) is 12.7 Å². The molecule has 2 heterocycles. The first-order chi connectivity index (χ1) is 15.8. The summed E-state index contributed by atoms with van der Waals surface area (Å²) in [5, 5.41) is 7.34. The second-order valence-electron chi connectivity index (χ2n) is 8.55. The van der Waals surface area contributed by atoms with E-state index in [2.05, 4.69) is 33.6 Å². The summed E-state index contributed by atoms with van der Waals surface area (Å²) in [5.74, 6) is 0.412. The van der Waals surface area contributed by atoms with Crippen molar-refractivity contribution in [3.8, 4) is 0 Å². The normalized spacial score (nSPS) is 16.7. The van der Waals surface area contributed by atoms with E-state index < -0.39 is 12.2 Å². The average Bonchev–Trinajstić information content (AvgIpc) is 3.30. The minimum atomic E-state index is -2.65. The minimum Gasteiger partial charge on any atom is -0.356 e. The lowest BCUT2D eigenvalue weighted by molar-refractivity contribution is 0.183. The van der Waals surface area contributed by atoms with Crippen molar-refractivity contribution in [2.75, 3.05) is 38.1 Å². The third-order valence-corrected chi connectivity index (χ3v) is 6.14. The van der Waals surface area contributed by atoms with Crippen LogP contribution < -0.4 is 4.90 Å². The zero-order valence-electron chi connectivity index (χ0n) is 18.9. The van der Waals surface area contributed by atoms with Crippen molar-refractivity contribution in [3.05, 3.63) is 77.4 Å². The number of benzene rings is 2. The zero-order valence-corrected chi connectivity index (χ0v) is 18.9. The average molecular weight is 456 g/mol. The molecule has 2 aliphatic rings. The van der Waals surface area contributed by atoms with Gasteiger partial charge < -0.3 is 14.7 Å². The summed E-state index contributed by atoms with van der Waals surface area (Å²) in [4.78, 5) is 6.52. The fraction of sp³-hybridized carbons (Fsp3) is 0.360. The Morgan fingerprint density at radius 2 is 1.76 bits per heavy atom. The third kappa shape index (κ3) is 5.27. The molecular formula is C25H28F3N5. The van der Waals surface area contributed by atoms with E-state index in [0.29, 0.717) is 23.4 Å². The Kier molecular flexibility index (Phi) is 6.83. The summed E-state index contributed by atoms with van der Waals surface area (Å²) in [5.41, 5.74) is 3.10. The van der Waals surface area contributed by atoms with Gasteiger partial charge in [0.1, 0.15) is 17.3 Å². The van der Waals surface area contributed by atoms with E-state index in [-0.39, 0.29) is 12.1 Å². The Hall–Kier alpha value is -3.13. The van der Waals surface area contributed by atoms with Gasteiger partial charge in [0.15, 0.2) is 0 Å². The van der Waals surface area contributed by atoms with E-state index in [1.54, 1.807) is 12.1 Å². The molecule has 0 spiro atoms. The summed E-state index contributed by atoms with van der Waals surface area (Å²) in [6, 6.07) is 12.8. The van der Waals surface area contributed by atoms with Crippen LogP contribution in [0.1, 0.15) is 23.1 Å². The Labute approximate surface area is 192 Å². The van der Waals surface area contributed by atoms with Crippen molar-refractivity contribution in [2.45, 2.75) is 26.3 Å². The second kappa shape index (κ2) is 9.79. The molecule has 2 aromatic rings. The van der Waals surface area contributed by atoms with Crippen LogP contribution in [-0.4, -0.2) is 60.9 Å². The van der Waals surface area contributed by atoms with E-state index in [1.165, 1.54) is 6.07 Å². The topological polar surface area (TPSA) is 34.4 Å². The Balaban J connectivity index is 1.56. The molecule has 0 aromatic heterocycles. The molecule has 8 heteroatoms. The van der Waals surface area contributed by atoms with Gasteiger partial charge in [-0.3, -0.25) is 0 Å². The van der Waals surface area contributed by atoms with Gasteiger partial charge in [-0.05, 0) is 32.2 Å². The van der Waals surface area contributed by atoms with Gasteiger partial charge in [-0.2, -0.15) is 10.2 Å². The van der Waals surface area contributed by atoms with E-state index in [0.717, 1.165) is 43.3 Å². The molecule has 174 valence electrons. The Morgan fingerprint density at radius 3 is 2.36 bits per heavy atom. The number of likely N-dealkylation sites (N-methyl/N-ethyl adjacent to an activating group) is 1. The van der Waals surface area contributed by atoms with Crippen LogP contribution in [0.25, 0.3) is 0 Å². The third-order valence-electron chi connectivity index (χ3n) is 6.14. The summed E-state index contributed by atoms with van der Waals surface area (Å²) < 4.78 is 40.8. The molecule has 0 aliphatic carbocycles. The highest BCUT2D eigenvalue weighted by molar-refractivity contribution is 6.15. The Bertz CT molecular complexity index is 1070. The summed E-state index contributed by atoms with van der Waals surface area (Å²) in [7, 11) is 2.10. The lowest BCUT2D eigenvalue weighted by Crippen LogP contribution is -2.47. The summed E-state index contributed by atoms with van der Waals surface area (Å²) in [6.07, 6.45) is -2.72. The van der Waals surface area contributed by atoms with Crippen molar-refractivity contribution in [3.63, 3.8) is 0 Å². The van der Waals surface area contributed by atoms with E-state index >= 15 is 4.39 Å². The largest absolute Gasteiger partial charge is 0.356 e. The van der Waals surface area contributed by atoms with Crippen LogP contribution in [0.3, 0.4) is 0 Å². The zero-order chi connectivity index (χ0) is 23.5. The maximum Gasteiger partial charge on any atom is 0.278 e. The summed E-state index contributed by atoms with van der Waals surface area (Å²) in [6.45, 7) is 10.2. The standard InChI is InChI=1S/C25H28F3N5/c1-17-4-8-21(9-5-17)33(18(2)32-12-10-31(3)11-13-32)16-20-7-6-19(14-22(20)26)23-15-24(25(27)28)30-29-23/h4-9,14,25H,2,10-13,15-16H2,1,3H3. The number of halogens is 3. The highest BCUT2D eigenvalue weighted by Gasteiger charge is 2.24. The van der Waals surface area contributed by atoms with Crippen LogP contribution in [0.5, 0.6) is 0 Å². The molecule has 0 unspecified atom stereocenters. The molecule has 4 rings (SSSR count). The van der Waals surface area contributed by atoms with Gasteiger partial charge in [-0.25, -0.2) is 13.2 Å². The molecule has 1 saturated heterocycles. The maximum atomic E-state index is 15.1. The Morgan fingerprint density at radius 1 is 1.06 bits per heavy atom. The smallest absolute Gasteiger partial charge is 0.278 e. The summed E-state index contributed by atoms with van der Waals surface area (Å²) >= 11 is 0. The van der Waals surface area contributed by atoms with Crippen molar-refractivity contribution in [1.29, 1.82) is 0 Å². The van der Waals surface area contributed by atoms with E-state index in [1.807, 2.05) is 36.1 Å². The molecule has 0 saturated carbocycles. The number of rotatable bonds is 7. The first-order valence-electron chi connectivity index (χ1n) is 11.0. The highest BCUT2D eigenvalue weighted by atomic mass is 19.3. The predicted octanol–water partition coefficient (Wildman–Crippen LogP) is 4.67. The van der Waals surface area contributed by atoms with Gasteiger partial charge >= 0.3 is 0 Å². The predicted molar refractivity (Wildman–Crippen MR) is 127 cm³/mol. The van der Waals surface area contributed by atoms with E-state index in [4.69, 9.17) is 0 Å². The molecule has 5 nitrogen and oxygen atoms in total. The molecule has 2 aromatic carbocycles. The van der Waals surface area contributed by atoms with Gasteiger partial charge in [0.05, 0.1) is 12.3 Å². The monoisotopic (exact) mass is 455 g/mol. The van der Waals surface area contributed by atoms with Crippen LogP contribution in [-0.2, 0) is 6.54 Å². The fourth-order valence-electron chi connectivity index (χ4n) is 3.96. The van der Waals surface area contributed by atoms with Crippen LogP contribution in [0.4, 0.5) is 18.9 Å². The fourth-order valence-corrected chi connectivity index (χ4v) is 3.96. The number of hydrogen-bond acceptors (Lipinski definition) is 5. The quantitative estimate of drug-likeness (QED) is 0.609. The number of anilines is 1. The lowest BCUT2D eigenvalue weighted by atomic mass is 10.0. The molecule has 33 heavy (non-hydrogen) atoms. The van der Waals surface area contributed by atoms with Gasteiger partial charge in [-0.15, -0.1) is 0 Å². The van der Waals surface area contributed by atoms with Crippen molar-refractivity contribution in [1.82, 2.24) is 9.80 Å². The van der Waals surface area contributed by atoms with Crippen LogP contribution in [0.15, 0.2) is 65.1 Å². The number of hydrogen-bond donors (Lipinski definition) is 0. The van der Waals surface area contributed by atoms with Crippen LogP contribution >= 0.6 is 0 Å². The lowest BCUT2D eigenvalue weighted by Gasteiger charge is -2.40. The molecule has 0 atom stereocenters. The first-order valence-corrected chi connectivity index (χ1v) is 11.0. The molecule has 1 fully saturated rings. The van der Waals surface area contributed by atoms with Crippen molar-refractivity contribution in [2.24, 2.45) is 10.2 Å². The molecule has 2 aliphatic heterocycles. The maximum absolute atomic E-state index is 15.1. The van der Waals surface area contributed by atoms with E-state index in [9.17, 15) is 8.78 Å². The first kappa shape index (κ1) is 23.0. The van der Waals surface area contributed by atoms with Gasteiger partial charge in [0.25, 0.3) is 6.43 Å². The number of aryl methyl sites for hydroxylation is 1. The van der Waals surface area contributed by atoms with Crippen molar-refractivity contribution >= 4 is 17.1 Å². The minimum absolute atomic E-state index is 0.0633. The van der Waals surface area contributed by atoms with Crippen LogP contribution in [0.2, 0.25) is 0 Å².